The van der Waals surface area contributed by atoms with Crippen LogP contribution in [-0.2, 0) is 0 Å². The summed E-state index contributed by atoms with van der Waals surface area (Å²) in [5.74, 6) is -1.26. The van der Waals surface area contributed by atoms with E-state index in [1.54, 1.807) is 12.1 Å². The van der Waals surface area contributed by atoms with Crippen molar-refractivity contribution in [3.8, 4) is 0 Å². The van der Waals surface area contributed by atoms with Gasteiger partial charge in [-0.25, -0.2) is 4.98 Å². The first-order valence-electron chi connectivity index (χ1n) is 6.92. The summed E-state index contributed by atoms with van der Waals surface area (Å²) in [6.07, 6.45) is -1.29. The molecule has 2 N–H and O–H groups in total. The van der Waals surface area contributed by atoms with Gasteiger partial charge in [0.1, 0.15) is 5.82 Å². The first kappa shape index (κ1) is 15.6. The summed E-state index contributed by atoms with van der Waals surface area (Å²) in [5.41, 5.74) is 0.342. The van der Waals surface area contributed by atoms with Crippen LogP contribution in [0.1, 0.15) is 36.0 Å². The van der Waals surface area contributed by atoms with Crippen molar-refractivity contribution in [3.63, 3.8) is 0 Å². The van der Waals surface area contributed by atoms with Gasteiger partial charge in [-0.3, -0.25) is 4.79 Å². The van der Waals surface area contributed by atoms with E-state index >= 15 is 0 Å². The molecule has 1 aliphatic rings. The maximum atomic E-state index is 12.8. The average Bonchev–Trinajstić information content (AvgIpc) is 2.46. The fraction of sp³-hybridized carbons (Fsp3) is 0.571. The van der Waals surface area contributed by atoms with Crippen LogP contribution in [0.2, 0.25) is 0 Å². The molecule has 0 spiro atoms. The number of carbonyl (C=O) groups excluding carboxylic acids is 1. The highest BCUT2D eigenvalue weighted by Crippen LogP contribution is 2.38. The molecule has 21 heavy (non-hydrogen) atoms. The first-order valence-corrected chi connectivity index (χ1v) is 6.92. The number of rotatable bonds is 3. The Labute approximate surface area is 121 Å². The van der Waals surface area contributed by atoms with Crippen molar-refractivity contribution in [1.29, 1.82) is 0 Å². The third-order valence-electron chi connectivity index (χ3n) is 3.76. The normalized spacial score (nSPS) is 22.7. The zero-order chi connectivity index (χ0) is 15.5. The standard InChI is InChI=1S/C14H18F3N3O/c1-18-13(21)11-6-3-7-19-12(11)20-10-5-2-4-9(8-10)14(15,16)17/h3,6-7,9-10H,2,4-5,8H2,1H3,(H,18,21)(H,19,20)/t9-,10-/m1/s1. The van der Waals surface area contributed by atoms with E-state index in [4.69, 9.17) is 0 Å². The van der Waals surface area contributed by atoms with Crippen molar-refractivity contribution >= 4 is 11.7 Å². The number of nitrogens with one attached hydrogen (secondary N) is 2. The van der Waals surface area contributed by atoms with Crippen LogP contribution < -0.4 is 10.6 Å². The smallest absolute Gasteiger partial charge is 0.367 e. The minimum absolute atomic E-state index is 0.0211. The first-order chi connectivity index (χ1) is 9.91. The SMILES string of the molecule is CNC(=O)c1cccnc1N[C@@H]1CCC[C@@H](C(F)(F)F)C1. The topological polar surface area (TPSA) is 54.0 Å². The summed E-state index contributed by atoms with van der Waals surface area (Å²) in [6.45, 7) is 0. The fourth-order valence-corrected chi connectivity index (χ4v) is 2.65. The summed E-state index contributed by atoms with van der Waals surface area (Å²) >= 11 is 0. The zero-order valence-corrected chi connectivity index (χ0v) is 11.7. The van der Waals surface area contributed by atoms with Crippen LogP contribution in [0.4, 0.5) is 19.0 Å². The molecule has 1 amide bonds. The number of hydrogen-bond donors (Lipinski definition) is 2. The Morgan fingerprint density at radius 3 is 2.81 bits per heavy atom. The lowest BCUT2D eigenvalue weighted by molar-refractivity contribution is -0.182. The van der Waals surface area contributed by atoms with Crippen molar-refractivity contribution in [2.45, 2.75) is 37.9 Å². The summed E-state index contributed by atoms with van der Waals surface area (Å²) in [6, 6.07) is 2.90. The summed E-state index contributed by atoms with van der Waals surface area (Å²) in [4.78, 5) is 15.8. The minimum Gasteiger partial charge on any atom is -0.367 e. The van der Waals surface area contributed by atoms with Crippen molar-refractivity contribution < 1.29 is 18.0 Å². The highest BCUT2D eigenvalue weighted by Gasteiger charge is 2.42. The fourth-order valence-electron chi connectivity index (χ4n) is 2.65. The monoisotopic (exact) mass is 301 g/mol. The summed E-state index contributed by atoms with van der Waals surface area (Å²) < 4.78 is 38.4. The van der Waals surface area contributed by atoms with E-state index in [9.17, 15) is 18.0 Å². The molecule has 1 saturated carbocycles. The molecule has 7 heteroatoms. The van der Waals surface area contributed by atoms with Gasteiger partial charge in [0.15, 0.2) is 0 Å². The lowest BCUT2D eigenvalue weighted by Crippen LogP contribution is -2.35. The number of pyridine rings is 1. The van der Waals surface area contributed by atoms with Gasteiger partial charge in [0.25, 0.3) is 5.91 Å². The number of carbonyl (C=O) groups is 1. The lowest BCUT2D eigenvalue weighted by Gasteiger charge is -2.31. The molecule has 1 aromatic rings. The van der Waals surface area contributed by atoms with Crippen molar-refractivity contribution in [1.82, 2.24) is 10.3 Å². The van der Waals surface area contributed by atoms with Crippen LogP contribution in [0, 0.1) is 5.92 Å². The van der Waals surface area contributed by atoms with Gasteiger partial charge in [-0.2, -0.15) is 13.2 Å². The lowest BCUT2D eigenvalue weighted by atomic mass is 9.85. The maximum absolute atomic E-state index is 12.8. The maximum Gasteiger partial charge on any atom is 0.391 e. The average molecular weight is 301 g/mol. The van der Waals surface area contributed by atoms with Crippen LogP contribution in [0.25, 0.3) is 0 Å². The molecule has 1 heterocycles. The van der Waals surface area contributed by atoms with Crippen LogP contribution in [0.15, 0.2) is 18.3 Å². The summed E-state index contributed by atoms with van der Waals surface area (Å²) in [5, 5.41) is 5.49. The molecule has 2 atom stereocenters. The molecule has 0 saturated heterocycles. The number of aromatic nitrogens is 1. The van der Waals surface area contributed by atoms with E-state index < -0.39 is 12.1 Å². The van der Waals surface area contributed by atoms with Gasteiger partial charge in [0.05, 0.1) is 11.5 Å². The van der Waals surface area contributed by atoms with Gasteiger partial charge in [-0.15, -0.1) is 0 Å². The third-order valence-corrected chi connectivity index (χ3v) is 3.76. The van der Waals surface area contributed by atoms with Crippen LogP contribution in [0.3, 0.4) is 0 Å². The van der Waals surface area contributed by atoms with Crippen LogP contribution in [0.5, 0.6) is 0 Å². The number of anilines is 1. The van der Waals surface area contributed by atoms with E-state index in [1.807, 2.05) is 0 Å². The number of nitrogens with zero attached hydrogens (tertiary/aromatic N) is 1. The Kier molecular flexibility index (Phi) is 4.69. The Morgan fingerprint density at radius 2 is 2.14 bits per heavy atom. The molecule has 0 aliphatic heterocycles. The quantitative estimate of drug-likeness (QED) is 0.902. The van der Waals surface area contributed by atoms with Gasteiger partial charge in [-0.1, -0.05) is 6.42 Å². The van der Waals surface area contributed by atoms with Gasteiger partial charge < -0.3 is 10.6 Å². The minimum atomic E-state index is -4.16. The van der Waals surface area contributed by atoms with E-state index in [0.717, 1.165) is 0 Å². The van der Waals surface area contributed by atoms with Crippen LogP contribution in [-0.4, -0.2) is 30.2 Å². The second-order valence-corrected chi connectivity index (χ2v) is 5.23. The van der Waals surface area contributed by atoms with Gasteiger partial charge >= 0.3 is 6.18 Å². The van der Waals surface area contributed by atoms with Crippen molar-refractivity contribution in [3.05, 3.63) is 23.9 Å². The van der Waals surface area contributed by atoms with Crippen molar-refractivity contribution in [2.24, 2.45) is 5.92 Å². The van der Waals surface area contributed by atoms with Gasteiger partial charge in [0.2, 0.25) is 0 Å². The highest BCUT2D eigenvalue weighted by molar-refractivity contribution is 5.98. The van der Waals surface area contributed by atoms with Crippen LogP contribution >= 0.6 is 0 Å². The van der Waals surface area contributed by atoms with E-state index in [1.165, 1.54) is 13.2 Å². The third kappa shape index (κ3) is 3.86. The Bertz CT molecular complexity index is 504. The molecular weight excluding hydrogens is 283 g/mol. The largest absolute Gasteiger partial charge is 0.391 e. The Balaban J connectivity index is 2.10. The Hall–Kier alpha value is -1.79. The van der Waals surface area contributed by atoms with E-state index in [0.29, 0.717) is 24.2 Å². The van der Waals surface area contributed by atoms with E-state index in [-0.39, 0.29) is 24.8 Å². The number of amides is 1. The Morgan fingerprint density at radius 1 is 1.38 bits per heavy atom. The zero-order valence-electron chi connectivity index (χ0n) is 11.7. The van der Waals surface area contributed by atoms with Gasteiger partial charge in [-0.05, 0) is 31.4 Å². The summed E-state index contributed by atoms with van der Waals surface area (Å²) in [7, 11) is 1.50. The van der Waals surface area contributed by atoms with Crippen molar-refractivity contribution in [2.75, 3.05) is 12.4 Å². The molecule has 0 unspecified atom stereocenters. The van der Waals surface area contributed by atoms with E-state index in [2.05, 4.69) is 15.6 Å². The van der Waals surface area contributed by atoms with Gasteiger partial charge in [0, 0.05) is 19.3 Å². The predicted octanol–water partition coefficient (Wildman–Crippen LogP) is 2.97. The highest BCUT2D eigenvalue weighted by atomic mass is 19.4. The molecule has 1 aliphatic carbocycles. The molecule has 0 aromatic carbocycles. The number of alkyl halides is 3. The second-order valence-electron chi connectivity index (χ2n) is 5.23. The molecule has 1 fully saturated rings. The predicted molar refractivity (Wildman–Crippen MR) is 73.1 cm³/mol. The number of hydrogen-bond acceptors (Lipinski definition) is 3. The molecular formula is C14H18F3N3O. The molecule has 0 bridgehead atoms. The molecule has 0 radical (unpaired) electrons. The molecule has 4 nitrogen and oxygen atoms in total. The second kappa shape index (κ2) is 6.32. The number of halogens is 3. The molecule has 2 rings (SSSR count). The molecule has 116 valence electrons. The molecule has 1 aromatic heterocycles.